The van der Waals surface area contributed by atoms with Gasteiger partial charge in [0.2, 0.25) is 15.9 Å². The molecule has 9 nitrogen and oxygen atoms in total. The third-order valence-electron chi connectivity index (χ3n) is 7.84. The fourth-order valence-electron chi connectivity index (χ4n) is 5.69. The van der Waals surface area contributed by atoms with Gasteiger partial charge in [-0.05, 0) is 63.1 Å². The lowest BCUT2D eigenvalue weighted by Gasteiger charge is -2.44. The largest absolute Gasteiger partial charge is 0.340 e. The summed E-state index contributed by atoms with van der Waals surface area (Å²) in [5.41, 5.74) is 0.921. The van der Waals surface area contributed by atoms with Gasteiger partial charge >= 0.3 is 0 Å². The van der Waals surface area contributed by atoms with E-state index in [-0.39, 0.29) is 35.4 Å². The standard InChI is InChI=1S/C24H34N6O3S2/c31-23-20(24-27-18-5-1-2-6-19(18)34-24)22(26-16-4-3-11-25-14-16)28-21(29-23)15-9-12-30(13-10-15)35(32,33)17-7-8-17/h1-2,5-6,15-17,20-22,25-26,28H,3-4,7-14H2,(H,29,31)/t16-,20?,21?,22?/m1/s1. The predicted molar refractivity (Wildman–Crippen MR) is 136 cm³/mol. The molecule has 6 rings (SSSR count). The Morgan fingerprint density at radius 1 is 1.09 bits per heavy atom. The Hall–Kier alpha value is -1.63. The van der Waals surface area contributed by atoms with Gasteiger partial charge in [0.05, 0.1) is 27.8 Å². The van der Waals surface area contributed by atoms with E-state index < -0.39 is 15.9 Å². The number of carbonyl (C=O) groups is 1. The van der Waals surface area contributed by atoms with Crippen molar-refractivity contribution in [2.75, 3.05) is 26.2 Å². The Morgan fingerprint density at radius 3 is 2.60 bits per heavy atom. The highest BCUT2D eigenvalue weighted by Crippen LogP contribution is 2.35. The van der Waals surface area contributed by atoms with Crippen molar-refractivity contribution in [2.24, 2.45) is 5.92 Å². The van der Waals surface area contributed by atoms with Crippen LogP contribution >= 0.6 is 11.3 Å². The maximum absolute atomic E-state index is 13.6. The number of rotatable bonds is 6. The summed E-state index contributed by atoms with van der Waals surface area (Å²) >= 11 is 1.58. The molecule has 11 heteroatoms. The fourth-order valence-corrected chi connectivity index (χ4v) is 8.67. The van der Waals surface area contributed by atoms with Gasteiger partial charge in [0.25, 0.3) is 0 Å². The van der Waals surface area contributed by atoms with Crippen LogP contribution in [0.5, 0.6) is 0 Å². The number of hydrogen-bond acceptors (Lipinski definition) is 8. The molecule has 1 aromatic heterocycles. The molecule has 4 N–H and O–H groups in total. The summed E-state index contributed by atoms with van der Waals surface area (Å²) in [5, 5.41) is 14.8. The Morgan fingerprint density at radius 2 is 1.89 bits per heavy atom. The molecule has 4 fully saturated rings. The van der Waals surface area contributed by atoms with Crippen LogP contribution in [0.3, 0.4) is 0 Å². The summed E-state index contributed by atoms with van der Waals surface area (Å²) in [6, 6.07) is 8.29. The van der Waals surface area contributed by atoms with E-state index in [4.69, 9.17) is 4.98 Å². The van der Waals surface area contributed by atoms with Gasteiger partial charge in [-0.3, -0.25) is 15.4 Å². The summed E-state index contributed by atoms with van der Waals surface area (Å²) in [5.74, 6) is -0.238. The second-order valence-corrected chi connectivity index (χ2v) is 13.6. The number of fused-ring (bicyclic) bond motifs is 1. The van der Waals surface area contributed by atoms with Crippen LogP contribution in [0, 0.1) is 5.92 Å². The molecule has 1 aromatic carbocycles. The Labute approximate surface area is 210 Å². The van der Waals surface area contributed by atoms with Crippen LogP contribution in [0.1, 0.15) is 49.5 Å². The summed E-state index contributed by atoms with van der Waals surface area (Å²) in [6.45, 7) is 2.98. The third-order valence-corrected chi connectivity index (χ3v) is 11.4. The molecule has 35 heavy (non-hydrogen) atoms. The van der Waals surface area contributed by atoms with Crippen LogP contribution in [-0.4, -0.2) is 73.4 Å². The summed E-state index contributed by atoms with van der Waals surface area (Å²) < 4.78 is 28.0. The van der Waals surface area contributed by atoms with Gasteiger partial charge in [0.15, 0.2) is 0 Å². The fraction of sp³-hybridized carbons (Fsp3) is 0.667. The Balaban J connectivity index is 1.20. The molecule has 3 aliphatic heterocycles. The van der Waals surface area contributed by atoms with Crippen molar-refractivity contribution in [2.45, 2.75) is 68.1 Å². The summed E-state index contributed by atoms with van der Waals surface area (Å²) in [6.07, 6.45) is 4.83. The van der Waals surface area contributed by atoms with E-state index in [2.05, 4.69) is 21.3 Å². The predicted octanol–water partition coefficient (Wildman–Crippen LogP) is 1.30. The first kappa shape index (κ1) is 23.7. The number of benzene rings is 1. The lowest BCUT2D eigenvalue weighted by atomic mass is 9.90. The average molecular weight is 519 g/mol. The summed E-state index contributed by atoms with van der Waals surface area (Å²) in [4.78, 5) is 18.4. The first-order chi connectivity index (χ1) is 17.0. The van der Waals surface area contributed by atoms with Crippen LogP contribution in [-0.2, 0) is 14.8 Å². The highest BCUT2D eigenvalue weighted by Gasteiger charge is 2.45. The molecule has 190 valence electrons. The molecule has 4 aliphatic rings. The number of aromatic nitrogens is 1. The lowest BCUT2D eigenvalue weighted by molar-refractivity contribution is -0.128. The molecular weight excluding hydrogens is 484 g/mol. The van der Waals surface area contributed by atoms with Gasteiger partial charge in [-0.2, -0.15) is 0 Å². The van der Waals surface area contributed by atoms with Crippen molar-refractivity contribution in [3.05, 3.63) is 29.3 Å². The first-order valence-corrected chi connectivity index (χ1v) is 15.2. The zero-order chi connectivity index (χ0) is 24.0. The van der Waals surface area contributed by atoms with Crippen LogP contribution in [0.2, 0.25) is 0 Å². The zero-order valence-electron chi connectivity index (χ0n) is 19.8. The molecule has 3 saturated heterocycles. The topological polar surface area (TPSA) is 115 Å². The van der Waals surface area contributed by atoms with Gasteiger partial charge in [0.1, 0.15) is 10.9 Å². The molecule has 0 spiro atoms. The number of hydrogen-bond donors (Lipinski definition) is 4. The van der Waals surface area contributed by atoms with Crippen LogP contribution in [0.4, 0.5) is 0 Å². The molecular formula is C24H34N6O3S2. The number of piperidine rings is 2. The summed E-state index contributed by atoms with van der Waals surface area (Å²) in [7, 11) is -3.14. The number of nitrogens with one attached hydrogen (secondary N) is 4. The number of sulfonamides is 1. The van der Waals surface area contributed by atoms with Crippen molar-refractivity contribution in [3.63, 3.8) is 0 Å². The first-order valence-electron chi connectivity index (χ1n) is 12.9. The minimum absolute atomic E-state index is 0.0119. The molecule has 1 saturated carbocycles. The van der Waals surface area contributed by atoms with Gasteiger partial charge in [0, 0.05) is 25.7 Å². The second-order valence-electron chi connectivity index (χ2n) is 10.3. The molecule has 0 bridgehead atoms. The van der Waals surface area contributed by atoms with Crippen LogP contribution < -0.4 is 21.3 Å². The van der Waals surface area contributed by atoms with Crippen molar-refractivity contribution in [1.29, 1.82) is 0 Å². The lowest BCUT2D eigenvalue weighted by Crippen LogP contribution is -2.69. The highest BCUT2D eigenvalue weighted by atomic mass is 32.2. The molecule has 0 radical (unpaired) electrons. The number of para-hydroxylation sites is 1. The quantitative estimate of drug-likeness (QED) is 0.456. The minimum atomic E-state index is -3.14. The molecule has 1 aliphatic carbocycles. The van der Waals surface area contributed by atoms with Crippen LogP contribution in [0.25, 0.3) is 10.2 Å². The van der Waals surface area contributed by atoms with E-state index in [1.807, 2.05) is 24.3 Å². The maximum Gasteiger partial charge on any atom is 0.234 e. The van der Waals surface area contributed by atoms with E-state index >= 15 is 0 Å². The number of thiazole rings is 1. The van der Waals surface area contributed by atoms with Gasteiger partial charge in [-0.15, -0.1) is 11.3 Å². The number of nitrogens with zero attached hydrogens (tertiary/aromatic N) is 2. The van der Waals surface area contributed by atoms with E-state index in [1.165, 1.54) is 0 Å². The maximum atomic E-state index is 13.6. The number of amides is 1. The van der Waals surface area contributed by atoms with E-state index in [9.17, 15) is 13.2 Å². The molecule has 1 amide bonds. The van der Waals surface area contributed by atoms with Crippen molar-refractivity contribution in [3.8, 4) is 0 Å². The highest BCUT2D eigenvalue weighted by molar-refractivity contribution is 7.90. The molecule has 2 aromatic rings. The molecule has 4 heterocycles. The average Bonchev–Trinajstić information content (AvgIpc) is 3.65. The Bertz CT molecular complexity index is 1140. The number of carbonyl (C=O) groups excluding carboxylic acids is 1. The monoisotopic (exact) mass is 518 g/mol. The van der Waals surface area contributed by atoms with Gasteiger partial charge in [-0.25, -0.2) is 17.7 Å². The minimum Gasteiger partial charge on any atom is -0.340 e. The van der Waals surface area contributed by atoms with Gasteiger partial charge in [-0.1, -0.05) is 12.1 Å². The second kappa shape index (κ2) is 9.68. The van der Waals surface area contributed by atoms with Crippen molar-refractivity contribution < 1.29 is 13.2 Å². The van der Waals surface area contributed by atoms with E-state index in [0.29, 0.717) is 13.1 Å². The smallest absolute Gasteiger partial charge is 0.234 e. The van der Waals surface area contributed by atoms with Crippen molar-refractivity contribution >= 4 is 37.5 Å². The van der Waals surface area contributed by atoms with Crippen LogP contribution in [0.15, 0.2) is 24.3 Å². The van der Waals surface area contributed by atoms with Gasteiger partial charge < -0.3 is 10.6 Å². The normalized spacial score (nSPS) is 31.5. The van der Waals surface area contributed by atoms with E-state index in [1.54, 1.807) is 15.6 Å². The molecule has 4 atom stereocenters. The SMILES string of the molecule is O=C1NC(C2CCN(S(=O)(=O)C3CC3)CC2)NC(N[C@@H]2CCCNC2)C1c1nc2ccccc2s1. The van der Waals surface area contributed by atoms with Crippen molar-refractivity contribution in [1.82, 2.24) is 30.6 Å². The molecule has 3 unspecified atom stereocenters. The zero-order valence-corrected chi connectivity index (χ0v) is 21.4. The van der Waals surface area contributed by atoms with E-state index in [0.717, 1.165) is 66.8 Å². The third kappa shape index (κ3) is 4.86. The Kier molecular flexibility index (Phi) is 6.57.